The molecule has 2 aromatic rings. The van der Waals surface area contributed by atoms with Gasteiger partial charge in [0.2, 0.25) is 0 Å². The smallest absolute Gasteiger partial charge is 0.120 e. The molecule has 0 atom stereocenters. The molecule has 1 aliphatic rings. The molecule has 0 radical (unpaired) electrons. The van der Waals surface area contributed by atoms with Gasteiger partial charge in [-0.05, 0) is 17.2 Å². The molecule has 0 N–H and O–H groups in total. The van der Waals surface area contributed by atoms with Gasteiger partial charge in [-0.15, -0.1) is 0 Å². The van der Waals surface area contributed by atoms with E-state index in [0.717, 1.165) is 5.36 Å². The molecule has 0 spiro atoms. The second kappa shape index (κ2) is 4.34. The quantitative estimate of drug-likeness (QED) is 0.735. The van der Waals surface area contributed by atoms with Crippen molar-refractivity contribution in [3.8, 4) is 11.1 Å². The van der Waals surface area contributed by atoms with E-state index < -0.39 is 0 Å². The van der Waals surface area contributed by atoms with Gasteiger partial charge in [0.25, 0.3) is 0 Å². The zero-order chi connectivity index (χ0) is 11.7. The van der Waals surface area contributed by atoms with Gasteiger partial charge >= 0.3 is 0 Å². The summed E-state index contributed by atoms with van der Waals surface area (Å²) in [4.78, 5) is 4.51. The molecule has 2 aromatic carbocycles. The first-order chi connectivity index (χ1) is 8.34. The van der Waals surface area contributed by atoms with Crippen molar-refractivity contribution >= 4 is 22.3 Å². The number of rotatable bonds is 1. The lowest BCUT2D eigenvalue weighted by Gasteiger charge is -2.13. The average Bonchev–Trinajstić information content (AvgIpc) is 2.39. The van der Waals surface area contributed by atoms with Crippen LogP contribution in [-0.4, -0.2) is 10.6 Å². The van der Waals surface area contributed by atoms with E-state index in [-0.39, 0.29) is 0 Å². The first kappa shape index (κ1) is 10.5. The number of hydrogen-bond acceptors (Lipinski definition) is 2. The van der Waals surface area contributed by atoms with Crippen molar-refractivity contribution in [2.45, 2.75) is 0 Å². The van der Waals surface area contributed by atoms with Crippen LogP contribution in [0.15, 0.2) is 53.5 Å². The van der Waals surface area contributed by atoms with E-state index in [4.69, 9.17) is 0 Å². The summed E-state index contributed by atoms with van der Waals surface area (Å²) >= 11 is 3.45. The predicted molar refractivity (Wildman–Crippen MR) is 72.8 cm³/mol. The van der Waals surface area contributed by atoms with Gasteiger partial charge < -0.3 is 0 Å². The Kier molecular flexibility index (Phi) is 2.69. The Hall–Kier alpha value is -1.61. The summed E-state index contributed by atoms with van der Waals surface area (Å²) in [6.07, 6.45) is 2.09. The van der Waals surface area contributed by atoms with Crippen LogP contribution in [0.1, 0.15) is 0 Å². The topological polar surface area (TPSA) is 15.6 Å². The van der Waals surface area contributed by atoms with E-state index in [1.165, 1.54) is 16.3 Å². The fourth-order valence-corrected chi connectivity index (χ4v) is 2.34. The monoisotopic (exact) mass is 286 g/mol. The Labute approximate surface area is 108 Å². The second-order valence-corrected chi connectivity index (χ2v) is 4.84. The van der Waals surface area contributed by atoms with E-state index in [1.807, 2.05) is 9.99 Å². The fraction of sp³-hybridized carbons (Fsp3) is 0.0714. The summed E-state index contributed by atoms with van der Waals surface area (Å²) in [5.41, 5.74) is 2.44. The Morgan fingerprint density at radius 2 is 1.82 bits per heavy atom. The maximum absolute atomic E-state index is 4.51. The Morgan fingerprint density at radius 1 is 1.00 bits per heavy atom. The molecule has 0 amide bonds. The summed E-state index contributed by atoms with van der Waals surface area (Å²) in [6.45, 7) is 0.658. The van der Waals surface area contributed by atoms with Crippen molar-refractivity contribution < 1.29 is 0 Å². The van der Waals surface area contributed by atoms with E-state index in [9.17, 15) is 0 Å². The molecule has 17 heavy (non-hydrogen) atoms. The minimum Gasteiger partial charge on any atom is -0.294 e. The molecule has 84 valence electrons. The molecule has 0 aromatic heterocycles. The highest BCUT2D eigenvalue weighted by atomic mass is 79.9. The molecule has 3 heteroatoms. The molecule has 2 nitrogen and oxygen atoms in total. The van der Waals surface area contributed by atoms with Gasteiger partial charge in [-0.3, -0.25) is 8.92 Å². The number of halogens is 1. The van der Waals surface area contributed by atoms with Crippen LogP contribution in [0.25, 0.3) is 17.3 Å². The van der Waals surface area contributed by atoms with Gasteiger partial charge in [0.05, 0.1) is 21.5 Å². The van der Waals surface area contributed by atoms with Crippen LogP contribution in [0.2, 0.25) is 0 Å². The molecule has 1 aliphatic heterocycles. The Bertz CT molecular complexity index is 650. The summed E-state index contributed by atoms with van der Waals surface area (Å²) in [7, 11) is 0. The lowest BCUT2D eigenvalue weighted by atomic mass is 10.0. The van der Waals surface area contributed by atoms with Gasteiger partial charge in [0, 0.05) is 11.4 Å². The van der Waals surface area contributed by atoms with Gasteiger partial charge in [-0.25, -0.2) is 0 Å². The average molecular weight is 287 g/mol. The van der Waals surface area contributed by atoms with Crippen molar-refractivity contribution in [3.63, 3.8) is 0 Å². The first-order valence-corrected chi connectivity index (χ1v) is 6.19. The van der Waals surface area contributed by atoms with Crippen molar-refractivity contribution in [1.29, 1.82) is 0 Å². The molecule has 0 fully saturated rings. The minimum absolute atomic E-state index is 0.658. The molecule has 0 aliphatic carbocycles. The SMILES string of the molecule is BrN1C=c2c(-c3ccccc3)cccc2=NC1. The van der Waals surface area contributed by atoms with Crippen LogP contribution in [0, 0.1) is 0 Å². The Morgan fingerprint density at radius 3 is 2.65 bits per heavy atom. The normalized spacial score (nSPS) is 13.6. The summed E-state index contributed by atoms with van der Waals surface area (Å²) in [6, 6.07) is 16.6. The highest BCUT2D eigenvalue weighted by molar-refractivity contribution is 9.07. The molecular formula is C14H11BrN2. The molecule has 0 saturated carbocycles. The third-order valence-electron chi connectivity index (χ3n) is 2.81. The minimum atomic E-state index is 0.658. The highest BCUT2D eigenvalue weighted by Crippen LogP contribution is 2.14. The third kappa shape index (κ3) is 1.98. The fourth-order valence-electron chi connectivity index (χ4n) is 2.02. The standard InChI is InChI=1S/C14H11BrN2/c15-17-9-13-12(11-5-2-1-3-6-11)7-4-8-14(13)16-10-17/h1-9H,10H2. The molecule has 0 unspecified atom stereocenters. The maximum atomic E-state index is 4.51. The predicted octanol–water partition coefficient (Wildman–Crippen LogP) is 2.29. The van der Waals surface area contributed by atoms with Crippen LogP contribution < -0.4 is 10.6 Å². The molecular weight excluding hydrogens is 276 g/mol. The van der Waals surface area contributed by atoms with Crippen LogP contribution >= 0.6 is 16.1 Å². The van der Waals surface area contributed by atoms with E-state index in [1.54, 1.807) is 0 Å². The molecule has 3 rings (SSSR count). The zero-order valence-electron chi connectivity index (χ0n) is 9.18. The van der Waals surface area contributed by atoms with Crippen molar-refractivity contribution in [1.82, 2.24) is 3.93 Å². The zero-order valence-corrected chi connectivity index (χ0v) is 10.8. The van der Waals surface area contributed by atoms with Crippen LogP contribution in [-0.2, 0) is 0 Å². The lowest BCUT2D eigenvalue weighted by molar-refractivity contribution is 0.678. The number of fused-ring (bicyclic) bond motifs is 1. The third-order valence-corrected chi connectivity index (χ3v) is 3.24. The summed E-state index contributed by atoms with van der Waals surface area (Å²) in [5.74, 6) is 0. The highest BCUT2D eigenvalue weighted by Gasteiger charge is 2.05. The van der Waals surface area contributed by atoms with Gasteiger partial charge in [-0.1, -0.05) is 42.5 Å². The molecule has 0 bridgehead atoms. The largest absolute Gasteiger partial charge is 0.294 e. The van der Waals surface area contributed by atoms with Crippen molar-refractivity contribution in [2.24, 2.45) is 4.99 Å². The van der Waals surface area contributed by atoms with E-state index in [0.29, 0.717) is 6.67 Å². The number of nitrogens with zero attached hydrogens (tertiary/aromatic N) is 2. The summed E-state index contributed by atoms with van der Waals surface area (Å²) in [5, 5.41) is 2.23. The molecule has 1 heterocycles. The second-order valence-electron chi connectivity index (χ2n) is 3.93. The number of hydrogen-bond donors (Lipinski definition) is 0. The van der Waals surface area contributed by atoms with Gasteiger partial charge in [0.15, 0.2) is 0 Å². The van der Waals surface area contributed by atoms with Crippen molar-refractivity contribution in [2.75, 3.05) is 6.67 Å². The Balaban J connectivity index is 2.31. The molecule has 0 saturated heterocycles. The van der Waals surface area contributed by atoms with Crippen LogP contribution in [0.5, 0.6) is 0 Å². The van der Waals surface area contributed by atoms with Gasteiger partial charge in [0.1, 0.15) is 6.67 Å². The van der Waals surface area contributed by atoms with E-state index >= 15 is 0 Å². The summed E-state index contributed by atoms with van der Waals surface area (Å²) < 4.78 is 1.92. The van der Waals surface area contributed by atoms with Crippen LogP contribution in [0.4, 0.5) is 0 Å². The van der Waals surface area contributed by atoms with Crippen LogP contribution in [0.3, 0.4) is 0 Å². The first-order valence-electron chi connectivity index (χ1n) is 5.48. The van der Waals surface area contributed by atoms with Gasteiger partial charge in [-0.2, -0.15) is 0 Å². The van der Waals surface area contributed by atoms with Crippen molar-refractivity contribution in [3.05, 3.63) is 59.1 Å². The maximum Gasteiger partial charge on any atom is 0.120 e. The van der Waals surface area contributed by atoms with E-state index in [2.05, 4.69) is 69.8 Å². The lowest BCUT2D eigenvalue weighted by Crippen LogP contribution is -2.33. The number of benzene rings is 2.